The van der Waals surface area contributed by atoms with E-state index in [1.54, 1.807) is 0 Å². The maximum Gasteiger partial charge on any atom is 0.153 e. The molecule has 0 saturated carbocycles. The van der Waals surface area contributed by atoms with Gasteiger partial charge >= 0.3 is 0 Å². The second-order valence-electron chi connectivity index (χ2n) is 6.28. The number of hydrogen-bond acceptors (Lipinski definition) is 4. The molecule has 1 aromatic carbocycles. The van der Waals surface area contributed by atoms with Crippen LogP contribution in [0.1, 0.15) is 25.0 Å². The summed E-state index contributed by atoms with van der Waals surface area (Å²) in [6.45, 7) is 9.61. The average molecular weight is 310 g/mol. The molecule has 0 atom stereocenters. The lowest BCUT2D eigenvalue weighted by molar-refractivity contribution is 0.552. The Morgan fingerprint density at radius 1 is 1.24 bits per heavy atom. The minimum absolute atomic E-state index is 0.268. The first-order valence-electron chi connectivity index (χ1n) is 7.63. The van der Waals surface area contributed by atoms with Crippen molar-refractivity contribution in [1.29, 1.82) is 0 Å². The smallest absolute Gasteiger partial charge is 0.153 e. The van der Waals surface area contributed by atoms with Crippen LogP contribution in [-0.2, 0) is 16.4 Å². The van der Waals surface area contributed by atoms with Gasteiger partial charge in [0.1, 0.15) is 0 Å². The molecule has 0 spiro atoms. The van der Waals surface area contributed by atoms with Crippen molar-refractivity contribution in [2.45, 2.75) is 27.3 Å². The lowest BCUT2D eigenvalue weighted by Crippen LogP contribution is -2.40. The summed E-state index contributed by atoms with van der Waals surface area (Å²) < 4.78 is 23.0. The van der Waals surface area contributed by atoms with Crippen LogP contribution in [0.25, 0.3) is 0 Å². The molecular weight excluding hydrogens is 284 g/mol. The number of sulfone groups is 1. The van der Waals surface area contributed by atoms with Gasteiger partial charge in [-0.3, -0.25) is 0 Å². The summed E-state index contributed by atoms with van der Waals surface area (Å²) >= 11 is 0. The van der Waals surface area contributed by atoms with Gasteiger partial charge in [0.2, 0.25) is 0 Å². The lowest BCUT2D eigenvalue weighted by atomic mass is 10.1. The van der Waals surface area contributed by atoms with Crippen molar-refractivity contribution in [3.05, 3.63) is 29.3 Å². The highest BCUT2D eigenvalue weighted by atomic mass is 32.2. The molecule has 1 N–H and O–H groups in total. The van der Waals surface area contributed by atoms with Crippen molar-refractivity contribution in [3.8, 4) is 0 Å². The molecular formula is C16H26N2O2S. The van der Waals surface area contributed by atoms with E-state index in [0.717, 1.165) is 18.8 Å². The molecule has 0 radical (unpaired) electrons. The predicted molar refractivity (Wildman–Crippen MR) is 88.6 cm³/mol. The molecule has 0 amide bonds. The van der Waals surface area contributed by atoms with Crippen molar-refractivity contribution in [3.63, 3.8) is 0 Å². The van der Waals surface area contributed by atoms with Crippen LogP contribution in [0.4, 0.5) is 5.69 Å². The number of anilines is 1. The fourth-order valence-corrected chi connectivity index (χ4v) is 3.84. The Labute approximate surface area is 128 Å². The summed E-state index contributed by atoms with van der Waals surface area (Å²) in [6.07, 6.45) is 0. The highest BCUT2D eigenvalue weighted by molar-refractivity contribution is 7.91. The molecule has 1 aliphatic rings. The Kier molecular flexibility index (Phi) is 5.27. The molecule has 21 heavy (non-hydrogen) atoms. The van der Waals surface area contributed by atoms with E-state index in [0.29, 0.717) is 19.0 Å². The van der Waals surface area contributed by atoms with E-state index in [2.05, 4.69) is 49.2 Å². The van der Waals surface area contributed by atoms with E-state index in [-0.39, 0.29) is 11.5 Å². The maximum atomic E-state index is 11.5. The third-order valence-corrected chi connectivity index (χ3v) is 5.44. The van der Waals surface area contributed by atoms with Gasteiger partial charge in [-0.15, -0.1) is 0 Å². The Hall–Kier alpha value is -1.07. The molecule has 1 heterocycles. The van der Waals surface area contributed by atoms with E-state index in [1.165, 1.54) is 11.1 Å². The van der Waals surface area contributed by atoms with Crippen molar-refractivity contribution >= 4 is 15.5 Å². The van der Waals surface area contributed by atoms with Gasteiger partial charge in [-0.05, 0) is 36.6 Å². The number of nitrogens with zero attached hydrogens (tertiary/aromatic N) is 1. The fourth-order valence-electron chi connectivity index (χ4n) is 2.64. The molecule has 2 rings (SSSR count). The Balaban J connectivity index is 1.99. The van der Waals surface area contributed by atoms with Crippen LogP contribution in [0.5, 0.6) is 0 Å². The number of rotatable bonds is 5. The van der Waals surface area contributed by atoms with Crippen LogP contribution < -0.4 is 10.2 Å². The summed E-state index contributed by atoms with van der Waals surface area (Å²) in [4.78, 5) is 2.18. The molecule has 1 saturated heterocycles. The van der Waals surface area contributed by atoms with Crippen LogP contribution in [-0.4, -0.2) is 39.6 Å². The predicted octanol–water partition coefficient (Wildman–Crippen LogP) is 1.98. The van der Waals surface area contributed by atoms with E-state index in [9.17, 15) is 8.42 Å². The molecule has 0 bridgehead atoms. The van der Waals surface area contributed by atoms with Gasteiger partial charge < -0.3 is 10.2 Å². The van der Waals surface area contributed by atoms with Crippen LogP contribution in [0.3, 0.4) is 0 Å². The Morgan fingerprint density at radius 2 is 1.90 bits per heavy atom. The van der Waals surface area contributed by atoms with Gasteiger partial charge in [0.25, 0.3) is 0 Å². The topological polar surface area (TPSA) is 49.4 Å². The second kappa shape index (κ2) is 6.79. The van der Waals surface area contributed by atoms with Crippen molar-refractivity contribution in [1.82, 2.24) is 5.32 Å². The standard InChI is InChI=1S/C16H26N2O2S/c1-13(2)11-17-12-15-4-5-16(14(3)10-15)18-6-8-21(19,20)9-7-18/h4-5,10,13,17H,6-9,11-12H2,1-3H3. The van der Waals surface area contributed by atoms with Crippen LogP contribution in [0, 0.1) is 12.8 Å². The van der Waals surface area contributed by atoms with Gasteiger partial charge in [-0.2, -0.15) is 0 Å². The molecule has 0 aromatic heterocycles. The van der Waals surface area contributed by atoms with Gasteiger partial charge in [0, 0.05) is 25.3 Å². The zero-order valence-electron chi connectivity index (χ0n) is 13.2. The molecule has 4 nitrogen and oxygen atoms in total. The van der Waals surface area contributed by atoms with Gasteiger partial charge in [-0.25, -0.2) is 8.42 Å². The summed E-state index contributed by atoms with van der Waals surface area (Å²) in [5.41, 5.74) is 3.66. The second-order valence-corrected chi connectivity index (χ2v) is 8.59. The molecule has 0 aliphatic carbocycles. The van der Waals surface area contributed by atoms with Crippen LogP contribution >= 0.6 is 0 Å². The third-order valence-electron chi connectivity index (χ3n) is 3.83. The minimum Gasteiger partial charge on any atom is -0.369 e. The summed E-state index contributed by atoms with van der Waals surface area (Å²) in [6, 6.07) is 6.46. The third kappa shape index (κ3) is 4.71. The molecule has 118 valence electrons. The van der Waals surface area contributed by atoms with Gasteiger partial charge in [-0.1, -0.05) is 26.0 Å². The fraction of sp³-hybridized carbons (Fsp3) is 0.625. The van der Waals surface area contributed by atoms with E-state index in [4.69, 9.17) is 0 Å². The first kappa shape index (κ1) is 16.3. The van der Waals surface area contributed by atoms with E-state index < -0.39 is 9.84 Å². The van der Waals surface area contributed by atoms with Crippen LogP contribution in [0.15, 0.2) is 18.2 Å². The molecule has 1 aromatic rings. The number of hydrogen-bond donors (Lipinski definition) is 1. The largest absolute Gasteiger partial charge is 0.369 e. The quantitative estimate of drug-likeness (QED) is 0.903. The highest BCUT2D eigenvalue weighted by Crippen LogP contribution is 2.23. The van der Waals surface area contributed by atoms with Crippen molar-refractivity contribution < 1.29 is 8.42 Å². The van der Waals surface area contributed by atoms with Crippen LogP contribution in [0.2, 0.25) is 0 Å². The number of nitrogens with one attached hydrogen (secondary N) is 1. The zero-order valence-corrected chi connectivity index (χ0v) is 14.0. The summed E-state index contributed by atoms with van der Waals surface area (Å²) in [5, 5.41) is 3.45. The monoisotopic (exact) mass is 310 g/mol. The normalized spacial score (nSPS) is 18.2. The first-order chi connectivity index (χ1) is 9.87. The molecule has 1 aliphatic heterocycles. The maximum absolute atomic E-state index is 11.5. The Bertz CT molecular complexity index is 568. The summed E-state index contributed by atoms with van der Waals surface area (Å²) in [5.74, 6) is 1.19. The highest BCUT2D eigenvalue weighted by Gasteiger charge is 2.22. The Morgan fingerprint density at radius 3 is 2.48 bits per heavy atom. The van der Waals surface area contributed by atoms with E-state index >= 15 is 0 Å². The van der Waals surface area contributed by atoms with E-state index in [1.807, 2.05) is 0 Å². The number of aryl methyl sites for hydroxylation is 1. The van der Waals surface area contributed by atoms with Crippen molar-refractivity contribution in [2.24, 2.45) is 5.92 Å². The zero-order chi connectivity index (χ0) is 15.5. The summed E-state index contributed by atoms with van der Waals surface area (Å²) in [7, 11) is -2.82. The SMILES string of the molecule is Cc1cc(CNCC(C)C)ccc1N1CCS(=O)(=O)CC1. The molecule has 5 heteroatoms. The van der Waals surface area contributed by atoms with Gasteiger partial charge in [0.15, 0.2) is 9.84 Å². The first-order valence-corrected chi connectivity index (χ1v) is 9.45. The number of benzene rings is 1. The lowest BCUT2D eigenvalue weighted by Gasteiger charge is -2.30. The molecule has 1 fully saturated rings. The van der Waals surface area contributed by atoms with Gasteiger partial charge in [0.05, 0.1) is 11.5 Å². The molecule has 0 unspecified atom stereocenters. The average Bonchev–Trinajstić information content (AvgIpc) is 2.39. The minimum atomic E-state index is -2.82. The van der Waals surface area contributed by atoms with Crippen molar-refractivity contribution in [2.75, 3.05) is 36.0 Å².